The predicted molar refractivity (Wildman–Crippen MR) is 50.6 cm³/mol. The van der Waals surface area contributed by atoms with Crippen LogP contribution in [0.3, 0.4) is 0 Å². The van der Waals surface area contributed by atoms with E-state index in [4.69, 9.17) is 5.79 Å². The van der Waals surface area contributed by atoms with Crippen molar-refractivity contribution in [3.05, 3.63) is 0 Å². The lowest BCUT2D eigenvalue weighted by Gasteiger charge is -1.90. The normalized spacial score (nSPS) is 12.4. The number of nitrogens with zero attached hydrogens (tertiary/aromatic N) is 1. The summed E-state index contributed by atoms with van der Waals surface area (Å²) in [6.07, 6.45) is 0. The zero-order valence-corrected chi connectivity index (χ0v) is 8.39. The van der Waals surface area contributed by atoms with E-state index in [9.17, 15) is 0 Å². The van der Waals surface area contributed by atoms with Crippen molar-refractivity contribution in [3.8, 4) is 0 Å². The van der Waals surface area contributed by atoms with Gasteiger partial charge in [0.15, 0.2) is 0 Å². The summed E-state index contributed by atoms with van der Waals surface area (Å²) in [6.45, 7) is 0. The molecule has 0 bridgehead atoms. The molecule has 0 amide bonds. The van der Waals surface area contributed by atoms with Crippen molar-refractivity contribution in [2.45, 2.75) is 0 Å². The van der Waals surface area contributed by atoms with E-state index in [0.29, 0.717) is 0 Å². The second kappa shape index (κ2) is 15.9. The maximum Gasteiger partial charge on any atom is 0.347 e. The summed E-state index contributed by atoms with van der Waals surface area (Å²) in [4.78, 5) is 2.25. The molecule has 0 spiro atoms. The van der Waals surface area contributed by atoms with Gasteiger partial charge >= 0.3 is 1.41 Å². The molecule has 0 saturated carbocycles. The molecule has 68 valence electrons. The van der Waals surface area contributed by atoms with E-state index in [1.807, 2.05) is 31.8 Å². The third kappa shape index (κ3) is 25900. The summed E-state index contributed by atoms with van der Waals surface area (Å²) in [5.41, 5.74) is 2.00. The molecular formula is C7H26N3+. The van der Waals surface area contributed by atoms with E-state index < -0.39 is 0 Å². The Kier molecular flexibility index (Phi) is 12.7. The van der Waals surface area contributed by atoms with E-state index >= 15 is 0 Å². The monoisotopic (exact) mass is 156 g/mol. The Balaban J connectivity index is -0.0000000505. The van der Waals surface area contributed by atoms with Gasteiger partial charge in [-0.25, -0.2) is 0 Å². The van der Waals surface area contributed by atoms with Crippen molar-refractivity contribution in [3.63, 3.8) is 0 Å². The Hall–Kier alpha value is -0.120. The lowest BCUT2D eigenvalue weighted by Crippen LogP contribution is -3.02. The SMILES string of the molecule is CN(C)C.[2H]NC.[2H][2H].[2H][N+](C)(C)C. The zero-order chi connectivity index (χ0) is 12.8. The molecule has 3 nitrogen and oxygen atoms in total. The highest BCUT2D eigenvalue weighted by atomic mass is 15.0. The van der Waals surface area contributed by atoms with Crippen molar-refractivity contribution in [2.75, 3.05) is 49.3 Å². The Morgan fingerprint density at radius 3 is 1.50 bits per heavy atom. The van der Waals surface area contributed by atoms with Gasteiger partial charge in [-0.05, 0) is 28.2 Å². The third-order valence-electron chi connectivity index (χ3n) is 0. The Morgan fingerprint density at radius 1 is 1.50 bits per heavy atom. The van der Waals surface area contributed by atoms with E-state index in [-0.39, 0.29) is 4.89 Å². The highest BCUT2D eigenvalue weighted by Gasteiger charge is 1.61. The first-order valence-corrected chi connectivity index (χ1v) is 3.18. The summed E-state index contributed by atoms with van der Waals surface area (Å²) in [6, 6.07) is 0. The molecule has 0 heterocycles. The van der Waals surface area contributed by atoms with Crippen LogP contribution in [-0.2, 0) is 0 Å². The van der Waals surface area contributed by atoms with Crippen LogP contribution in [0.1, 0.15) is 2.97 Å². The standard InChI is InChI=1S/2C3H9N.CH5N.H2/c2*1-4(2)3;1-2;/h2*1-3H3;2H2,1H3;1H/p+1/i;;;1+1D/hD2. The van der Waals surface area contributed by atoms with Crippen molar-refractivity contribution >= 4 is 0 Å². The molecule has 3 N–H and O–H groups in total. The lowest BCUT2D eigenvalue weighted by atomic mass is 11.0. The molecule has 0 aromatic rings. The molecule has 0 aromatic heterocycles. The minimum atomic E-state index is 0.250. The maximum atomic E-state index is 6.88. The summed E-state index contributed by atoms with van der Waals surface area (Å²) in [7, 11) is 12.9. The van der Waals surface area contributed by atoms with Crippen LogP contribution >= 0.6 is 0 Å². The summed E-state index contributed by atoms with van der Waals surface area (Å²) < 4.78 is 22.8. The molecule has 0 aromatic carbocycles. The van der Waals surface area contributed by atoms with Gasteiger partial charge in [-0.2, -0.15) is 0 Å². The Bertz CT molecular complexity index is 67.1. The summed E-state index contributed by atoms with van der Waals surface area (Å²) in [5, 5.41) is 0. The molecular weight excluding hydrogens is 126 g/mol. The van der Waals surface area contributed by atoms with Crippen LogP contribution in [0.4, 0.5) is 0 Å². The summed E-state index contributed by atoms with van der Waals surface area (Å²) >= 11 is 0. The van der Waals surface area contributed by atoms with Gasteiger partial charge in [0.25, 0.3) is 0 Å². The fourth-order valence-electron chi connectivity index (χ4n) is 0. The number of hydrogen-bond donors (Lipinski definition) is 2. The van der Waals surface area contributed by atoms with Gasteiger partial charge in [-0.1, -0.05) is 0 Å². The van der Waals surface area contributed by atoms with Crippen LogP contribution in [0.5, 0.6) is 0 Å². The number of rotatable bonds is 0. The minimum absolute atomic E-state index is 0.250. The van der Waals surface area contributed by atoms with Crippen LogP contribution in [0.2, 0.25) is 2.82 Å². The zero-order valence-electron chi connectivity index (χ0n) is 12.4. The van der Waals surface area contributed by atoms with Crippen molar-refractivity contribution in [1.82, 2.24) is 4.90 Å². The largest absolute Gasteiger partial charge is 0.347 e. The molecule has 0 radical (unpaired) electrons. The second-order valence-corrected chi connectivity index (χ2v) is 2.68. The first-order valence-electron chi connectivity index (χ1n) is 5.13. The fraction of sp³-hybridized carbons (Fsp3) is 1.00. The first-order chi connectivity index (χ1) is 6.15. The number of hydrogen-bond acceptors (Lipinski definition) is 2. The van der Waals surface area contributed by atoms with Gasteiger partial charge < -0.3 is 15.5 Å². The molecule has 0 atom stereocenters. The molecule has 0 rings (SSSR count). The average molecular weight is 156 g/mol. The van der Waals surface area contributed by atoms with Crippen LogP contribution < -0.4 is 10.6 Å². The van der Waals surface area contributed by atoms with E-state index in [2.05, 4.69) is 0 Å². The fourth-order valence-corrected chi connectivity index (χ4v) is 0. The molecule has 0 fully saturated rings. The Morgan fingerprint density at radius 2 is 1.50 bits per heavy atom. The van der Waals surface area contributed by atoms with Crippen LogP contribution in [0, 0.1) is 0 Å². The average Bonchev–Trinajstić information content (AvgIpc) is 1.87. The van der Waals surface area contributed by atoms with Gasteiger partial charge in [0.1, 0.15) is 1.41 Å². The van der Waals surface area contributed by atoms with E-state index in [1.165, 1.54) is 0 Å². The van der Waals surface area contributed by atoms with Gasteiger partial charge in [0.05, 0.1) is 21.1 Å². The van der Waals surface area contributed by atoms with Gasteiger partial charge in [0.2, 0.25) is 0 Å². The quantitative estimate of drug-likeness (QED) is 0.460. The van der Waals surface area contributed by atoms with Gasteiger partial charge in [-0.15, -0.1) is 0 Å². The van der Waals surface area contributed by atoms with Crippen molar-refractivity contribution in [2.24, 2.45) is 5.73 Å². The number of nitrogens with two attached hydrogens (primary N) is 1. The van der Waals surface area contributed by atoms with E-state index in [0.717, 1.165) is 0 Å². The van der Waals surface area contributed by atoms with Gasteiger partial charge in [0, 0.05) is 2.97 Å². The molecule has 0 unspecified atom stereocenters. The lowest BCUT2D eigenvalue weighted by molar-refractivity contribution is -0.836. The molecule has 3 heteroatoms. The van der Waals surface area contributed by atoms with Crippen LogP contribution in [0.15, 0.2) is 0 Å². The molecule has 0 aliphatic rings. The predicted octanol–water partition coefficient (Wildman–Crippen LogP) is -1.24. The third-order valence-corrected chi connectivity index (χ3v) is 0. The van der Waals surface area contributed by atoms with Gasteiger partial charge in [-0.3, -0.25) is 0 Å². The van der Waals surface area contributed by atoms with Crippen molar-refractivity contribution in [1.29, 1.82) is 0 Å². The topological polar surface area (TPSA) is 33.7 Å². The number of nitrogens with one attached hydrogen (secondary N) is 1. The molecule has 0 aliphatic heterocycles. The highest BCUT2D eigenvalue weighted by molar-refractivity contribution is 4.09. The number of quaternary nitrogens is 1. The molecule has 10 heavy (non-hydrogen) atoms. The van der Waals surface area contributed by atoms with Crippen LogP contribution in [-0.4, -0.2) is 54.2 Å². The first kappa shape index (κ1) is 7.98. The summed E-state index contributed by atoms with van der Waals surface area (Å²) in [5.74, 6) is 0. The maximum absolute atomic E-state index is 6.88. The van der Waals surface area contributed by atoms with Crippen molar-refractivity contribution < 1.29 is 10.7 Å². The van der Waals surface area contributed by atoms with E-state index in [1.54, 1.807) is 28.2 Å². The smallest absolute Gasteiger partial charge is 0.342 e. The second-order valence-electron chi connectivity index (χ2n) is 2.68. The molecule has 0 aliphatic carbocycles. The highest BCUT2D eigenvalue weighted by Crippen LogP contribution is 1.47. The minimum Gasteiger partial charge on any atom is -0.342 e. The van der Waals surface area contributed by atoms with Crippen LogP contribution in [0.25, 0.3) is 0 Å². The Labute approximate surface area is 71.8 Å². The molecule has 0 saturated heterocycles.